The molecule has 1 aliphatic carbocycles. The second-order valence-corrected chi connectivity index (χ2v) is 5.68. The van der Waals surface area contributed by atoms with Crippen LogP contribution in [0.25, 0.3) is 0 Å². The average Bonchev–Trinajstić information content (AvgIpc) is 2.33. The van der Waals surface area contributed by atoms with Crippen LogP contribution in [0, 0.1) is 5.92 Å². The van der Waals surface area contributed by atoms with Crippen LogP contribution in [0.15, 0.2) is 24.3 Å². The van der Waals surface area contributed by atoms with Gasteiger partial charge in [-0.1, -0.05) is 49.1 Å². The maximum absolute atomic E-state index is 6.51. The van der Waals surface area contributed by atoms with E-state index in [0.29, 0.717) is 5.92 Å². The van der Waals surface area contributed by atoms with Crippen LogP contribution in [0.3, 0.4) is 0 Å². The van der Waals surface area contributed by atoms with Gasteiger partial charge in [0.25, 0.3) is 0 Å². The molecule has 1 saturated carbocycles. The summed E-state index contributed by atoms with van der Waals surface area (Å²) in [5.41, 5.74) is 1.19. The molecule has 0 saturated heterocycles. The molecule has 0 aromatic heterocycles. The molecule has 0 radical (unpaired) electrons. The van der Waals surface area contributed by atoms with Gasteiger partial charge < -0.3 is 0 Å². The van der Waals surface area contributed by atoms with Crippen molar-refractivity contribution < 1.29 is 0 Å². The molecule has 0 amide bonds. The second kappa shape index (κ2) is 5.93. The highest BCUT2D eigenvalue weighted by Gasteiger charge is 2.22. The van der Waals surface area contributed by atoms with Gasteiger partial charge >= 0.3 is 0 Å². The summed E-state index contributed by atoms with van der Waals surface area (Å²) in [6, 6.07) is 8.03. The van der Waals surface area contributed by atoms with E-state index >= 15 is 0 Å². The summed E-state index contributed by atoms with van der Waals surface area (Å²) in [4.78, 5) is 0. The van der Waals surface area contributed by atoms with E-state index in [4.69, 9.17) is 23.2 Å². The molecule has 0 heterocycles. The SMILES string of the molecule is Clc1ccccc1CC(Cl)C1CCCCC1. The van der Waals surface area contributed by atoms with E-state index in [2.05, 4.69) is 6.07 Å². The lowest BCUT2D eigenvalue weighted by atomic mass is 9.85. The Labute approximate surface area is 108 Å². The molecule has 1 atom stereocenters. The van der Waals surface area contributed by atoms with E-state index in [0.717, 1.165) is 11.4 Å². The zero-order valence-corrected chi connectivity index (χ0v) is 11.0. The Morgan fingerprint density at radius 3 is 2.50 bits per heavy atom. The molecule has 1 aliphatic rings. The highest BCUT2D eigenvalue weighted by atomic mass is 35.5. The Hall–Kier alpha value is -0.200. The fraction of sp³-hybridized carbons (Fsp3) is 0.571. The van der Waals surface area contributed by atoms with Crippen LogP contribution in [0.2, 0.25) is 5.02 Å². The smallest absolute Gasteiger partial charge is 0.0438 e. The summed E-state index contributed by atoms with van der Waals surface area (Å²) in [6.07, 6.45) is 7.56. The maximum atomic E-state index is 6.51. The van der Waals surface area contributed by atoms with E-state index in [1.165, 1.54) is 37.7 Å². The lowest BCUT2D eigenvalue weighted by Crippen LogP contribution is -2.20. The van der Waals surface area contributed by atoms with E-state index in [1.807, 2.05) is 18.2 Å². The third kappa shape index (κ3) is 3.15. The first-order valence-corrected chi connectivity index (χ1v) is 6.96. The van der Waals surface area contributed by atoms with Crippen LogP contribution in [-0.4, -0.2) is 5.38 Å². The Morgan fingerprint density at radius 2 is 1.81 bits per heavy atom. The molecular formula is C14H18Cl2. The molecule has 2 rings (SSSR count). The van der Waals surface area contributed by atoms with Gasteiger partial charge in [0.15, 0.2) is 0 Å². The minimum atomic E-state index is 0.250. The van der Waals surface area contributed by atoms with E-state index in [1.54, 1.807) is 0 Å². The molecule has 1 aromatic carbocycles. The maximum Gasteiger partial charge on any atom is 0.0438 e. The fourth-order valence-electron chi connectivity index (χ4n) is 2.54. The van der Waals surface area contributed by atoms with Crippen LogP contribution in [0.4, 0.5) is 0 Å². The Bertz CT molecular complexity index is 329. The molecule has 0 spiro atoms. The molecule has 88 valence electrons. The van der Waals surface area contributed by atoms with Gasteiger partial charge in [-0.3, -0.25) is 0 Å². The third-order valence-corrected chi connectivity index (χ3v) is 4.41. The van der Waals surface area contributed by atoms with Crippen LogP contribution in [0.5, 0.6) is 0 Å². The Morgan fingerprint density at radius 1 is 1.12 bits per heavy atom. The quantitative estimate of drug-likeness (QED) is 0.663. The number of alkyl halides is 1. The first kappa shape index (κ1) is 12.3. The monoisotopic (exact) mass is 256 g/mol. The second-order valence-electron chi connectivity index (χ2n) is 4.71. The first-order chi connectivity index (χ1) is 7.77. The molecular weight excluding hydrogens is 239 g/mol. The van der Waals surface area contributed by atoms with E-state index in [-0.39, 0.29) is 5.38 Å². The number of hydrogen-bond donors (Lipinski definition) is 0. The van der Waals surface area contributed by atoms with Gasteiger partial charge in [0.05, 0.1) is 0 Å². The van der Waals surface area contributed by atoms with Gasteiger partial charge in [-0.15, -0.1) is 11.6 Å². The molecule has 0 aliphatic heterocycles. The standard InChI is InChI=1S/C14H18Cl2/c15-13-9-5-4-8-12(13)10-14(16)11-6-2-1-3-7-11/h4-5,8-9,11,14H,1-3,6-7,10H2. The predicted molar refractivity (Wildman–Crippen MR) is 71.4 cm³/mol. The highest BCUT2D eigenvalue weighted by Crippen LogP contribution is 2.32. The molecule has 0 nitrogen and oxygen atoms in total. The number of benzene rings is 1. The van der Waals surface area contributed by atoms with Crippen LogP contribution < -0.4 is 0 Å². The Balaban J connectivity index is 1.96. The van der Waals surface area contributed by atoms with Crippen LogP contribution in [0.1, 0.15) is 37.7 Å². The van der Waals surface area contributed by atoms with Crippen molar-refractivity contribution in [2.45, 2.75) is 43.9 Å². The van der Waals surface area contributed by atoms with E-state index in [9.17, 15) is 0 Å². The molecule has 0 N–H and O–H groups in total. The van der Waals surface area contributed by atoms with Crippen LogP contribution in [-0.2, 0) is 6.42 Å². The van der Waals surface area contributed by atoms with Crippen molar-refractivity contribution in [2.24, 2.45) is 5.92 Å². The lowest BCUT2D eigenvalue weighted by molar-refractivity contribution is 0.344. The topological polar surface area (TPSA) is 0 Å². The van der Waals surface area contributed by atoms with Crippen molar-refractivity contribution in [1.29, 1.82) is 0 Å². The largest absolute Gasteiger partial charge is 0.122 e. The summed E-state index contributed by atoms with van der Waals surface area (Å²) in [7, 11) is 0. The van der Waals surface area contributed by atoms with Gasteiger partial charge in [0.2, 0.25) is 0 Å². The number of hydrogen-bond acceptors (Lipinski definition) is 0. The fourth-order valence-corrected chi connectivity index (χ4v) is 3.17. The average molecular weight is 257 g/mol. The molecule has 16 heavy (non-hydrogen) atoms. The third-order valence-electron chi connectivity index (χ3n) is 3.53. The zero-order valence-electron chi connectivity index (χ0n) is 9.46. The summed E-state index contributed by atoms with van der Waals surface area (Å²) in [5.74, 6) is 0.687. The normalized spacial score (nSPS) is 19.6. The molecule has 1 aromatic rings. The van der Waals surface area contributed by atoms with Crippen molar-refractivity contribution in [3.63, 3.8) is 0 Å². The minimum Gasteiger partial charge on any atom is -0.122 e. The van der Waals surface area contributed by atoms with Crippen molar-refractivity contribution in [3.8, 4) is 0 Å². The first-order valence-electron chi connectivity index (χ1n) is 6.15. The number of rotatable bonds is 3. The van der Waals surface area contributed by atoms with Gasteiger partial charge in [-0.05, 0) is 36.8 Å². The van der Waals surface area contributed by atoms with Crippen LogP contribution >= 0.6 is 23.2 Å². The van der Waals surface area contributed by atoms with Gasteiger partial charge in [-0.25, -0.2) is 0 Å². The van der Waals surface area contributed by atoms with Gasteiger partial charge in [-0.2, -0.15) is 0 Å². The van der Waals surface area contributed by atoms with Crippen molar-refractivity contribution in [1.82, 2.24) is 0 Å². The number of halogens is 2. The summed E-state index contributed by atoms with van der Waals surface area (Å²) in [5, 5.41) is 1.10. The molecule has 1 fully saturated rings. The Kier molecular flexibility index (Phi) is 4.55. The minimum absolute atomic E-state index is 0.250. The van der Waals surface area contributed by atoms with Gasteiger partial charge in [0.1, 0.15) is 0 Å². The van der Waals surface area contributed by atoms with Crippen molar-refractivity contribution in [3.05, 3.63) is 34.9 Å². The lowest BCUT2D eigenvalue weighted by Gasteiger charge is -2.26. The van der Waals surface area contributed by atoms with Crippen molar-refractivity contribution >= 4 is 23.2 Å². The summed E-state index contributed by atoms with van der Waals surface area (Å²) < 4.78 is 0. The molecule has 2 heteroatoms. The highest BCUT2D eigenvalue weighted by molar-refractivity contribution is 6.31. The summed E-state index contributed by atoms with van der Waals surface area (Å²) in [6.45, 7) is 0. The predicted octanol–water partition coefficient (Wildman–Crippen LogP) is 5.07. The van der Waals surface area contributed by atoms with Gasteiger partial charge in [0, 0.05) is 10.4 Å². The van der Waals surface area contributed by atoms with E-state index < -0.39 is 0 Å². The molecule has 0 bridgehead atoms. The zero-order chi connectivity index (χ0) is 11.4. The molecule has 1 unspecified atom stereocenters. The van der Waals surface area contributed by atoms with Crippen molar-refractivity contribution in [2.75, 3.05) is 0 Å². The summed E-state index contributed by atoms with van der Waals surface area (Å²) >= 11 is 12.7.